The minimum Gasteiger partial charge on any atom is -0.340 e. The van der Waals surface area contributed by atoms with Gasteiger partial charge in [-0.1, -0.05) is 0 Å². The summed E-state index contributed by atoms with van der Waals surface area (Å²) in [5.74, 6) is 0.698. The van der Waals surface area contributed by atoms with Gasteiger partial charge in [0.2, 0.25) is 5.91 Å². The van der Waals surface area contributed by atoms with Crippen molar-refractivity contribution in [1.82, 2.24) is 14.5 Å². The second-order valence-electron chi connectivity index (χ2n) is 4.78. The number of aryl methyl sites for hydroxylation is 1. The standard InChI is InChI=1S/C12H20N4O/c1-10-6-11(7-13)8-16(10)12(17)2-4-15-5-3-14-9-15/h3,5,9-11H,2,4,6-8,13H2,1H3. The summed E-state index contributed by atoms with van der Waals surface area (Å²) in [6.07, 6.45) is 6.92. The van der Waals surface area contributed by atoms with Gasteiger partial charge in [-0.3, -0.25) is 4.79 Å². The van der Waals surface area contributed by atoms with Crippen molar-refractivity contribution in [2.75, 3.05) is 13.1 Å². The number of aromatic nitrogens is 2. The molecule has 94 valence electrons. The topological polar surface area (TPSA) is 64.2 Å². The highest BCUT2D eigenvalue weighted by Gasteiger charge is 2.30. The van der Waals surface area contributed by atoms with Crippen LogP contribution in [0.3, 0.4) is 0 Å². The number of nitrogens with two attached hydrogens (primary N) is 1. The van der Waals surface area contributed by atoms with Gasteiger partial charge in [-0.2, -0.15) is 0 Å². The molecule has 17 heavy (non-hydrogen) atoms. The van der Waals surface area contributed by atoms with Gasteiger partial charge in [0.25, 0.3) is 0 Å². The first-order valence-corrected chi connectivity index (χ1v) is 6.16. The highest BCUT2D eigenvalue weighted by molar-refractivity contribution is 5.76. The number of amides is 1. The number of hydrogen-bond donors (Lipinski definition) is 1. The number of hydrogen-bond acceptors (Lipinski definition) is 3. The molecule has 0 saturated carbocycles. The molecule has 2 atom stereocenters. The van der Waals surface area contributed by atoms with E-state index < -0.39 is 0 Å². The third kappa shape index (κ3) is 2.85. The van der Waals surface area contributed by atoms with Crippen molar-refractivity contribution in [3.8, 4) is 0 Å². The molecule has 1 fully saturated rings. The average Bonchev–Trinajstić information content (AvgIpc) is 2.94. The fourth-order valence-electron chi connectivity index (χ4n) is 2.45. The van der Waals surface area contributed by atoms with Gasteiger partial charge in [-0.15, -0.1) is 0 Å². The molecule has 0 radical (unpaired) electrons. The number of carbonyl (C=O) groups is 1. The summed E-state index contributed by atoms with van der Waals surface area (Å²) < 4.78 is 1.93. The summed E-state index contributed by atoms with van der Waals surface area (Å²) in [6.45, 7) is 4.30. The third-order valence-electron chi connectivity index (χ3n) is 3.46. The van der Waals surface area contributed by atoms with Gasteiger partial charge in [-0.25, -0.2) is 4.98 Å². The van der Waals surface area contributed by atoms with E-state index in [1.165, 1.54) is 0 Å². The third-order valence-corrected chi connectivity index (χ3v) is 3.46. The highest BCUT2D eigenvalue weighted by Crippen LogP contribution is 2.22. The van der Waals surface area contributed by atoms with Crippen molar-refractivity contribution in [2.24, 2.45) is 11.7 Å². The smallest absolute Gasteiger partial charge is 0.224 e. The quantitative estimate of drug-likeness (QED) is 0.826. The molecule has 0 bridgehead atoms. The lowest BCUT2D eigenvalue weighted by atomic mass is 10.1. The van der Waals surface area contributed by atoms with Gasteiger partial charge in [0.05, 0.1) is 6.33 Å². The van der Waals surface area contributed by atoms with Gasteiger partial charge in [0, 0.05) is 37.9 Å². The lowest BCUT2D eigenvalue weighted by Crippen LogP contribution is -2.34. The Morgan fingerprint density at radius 1 is 1.59 bits per heavy atom. The monoisotopic (exact) mass is 236 g/mol. The molecule has 1 saturated heterocycles. The predicted octanol–water partition coefficient (Wildman–Crippen LogP) is 0.469. The van der Waals surface area contributed by atoms with E-state index in [-0.39, 0.29) is 5.91 Å². The van der Waals surface area contributed by atoms with Crippen molar-refractivity contribution in [1.29, 1.82) is 0 Å². The van der Waals surface area contributed by atoms with Gasteiger partial charge >= 0.3 is 0 Å². The molecule has 0 aromatic carbocycles. The highest BCUT2D eigenvalue weighted by atomic mass is 16.2. The van der Waals surface area contributed by atoms with Crippen molar-refractivity contribution < 1.29 is 4.79 Å². The van der Waals surface area contributed by atoms with E-state index >= 15 is 0 Å². The van der Waals surface area contributed by atoms with Crippen LogP contribution in [-0.4, -0.2) is 39.5 Å². The molecule has 5 nitrogen and oxygen atoms in total. The van der Waals surface area contributed by atoms with Gasteiger partial charge < -0.3 is 15.2 Å². The molecule has 1 aliphatic rings. The Morgan fingerprint density at radius 3 is 3.00 bits per heavy atom. The average molecular weight is 236 g/mol. The molecular weight excluding hydrogens is 216 g/mol. The van der Waals surface area contributed by atoms with Crippen molar-refractivity contribution in [3.63, 3.8) is 0 Å². The van der Waals surface area contributed by atoms with Gasteiger partial charge in [0.1, 0.15) is 0 Å². The summed E-state index contributed by atoms with van der Waals surface area (Å²) in [7, 11) is 0. The largest absolute Gasteiger partial charge is 0.340 e. The van der Waals surface area contributed by atoms with E-state index in [1.54, 1.807) is 12.5 Å². The normalized spacial score (nSPS) is 24.2. The summed E-state index contributed by atoms with van der Waals surface area (Å²) in [6, 6.07) is 0.332. The molecule has 1 aromatic heterocycles. The molecular formula is C12H20N4O. The minimum absolute atomic E-state index is 0.224. The molecule has 2 N–H and O–H groups in total. The predicted molar refractivity (Wildman–Crippen MR) is 65.2 cm³/mol. The lowest BCUT2D eigenvalue weighted by molar-refractivity contribution is -0.132. The molecule has 0 aliphatic carbocycles. The molecule has 2 rings (SSSR count). The Morgan fingerprint density at radius 2 is 2.41 bits per heavy atom. The van der Waals surface area contributed by atoms with Crippen LogP contribution in [0.5, 0.6) is 0 Å². The number of rotatable bonds is 4. The first-order valence-electron chi connectivity index (χ1n) is 6.16. The summed E-state index contributed by atoms with van der Waals surface area (Å²) in [4.78, 5) is 18.0. The fraction of sp³-hybridized carbons (Fsp3) is 0.667. The Hall–Kier alpha value is -1.36. The second kappa shape index (κ2) is 5.31. The Labute approximate surface area is 102 Å². The van der Waals surface area contributed by atoms with E-state index in [2.05, 4.69) is 11.9 Å². The summed E-state index contributed by atoms with van der Waals surface area (Å²) in [5.41, 5.74) is 5.66. The summed E-state index contributed by atoms with van der Waals surface area (Å²) in [5, 5.41) is 0. The van der Waals surface area contributed by atoms with E-state index in [0.29, 0.717) is 31.5 Å². The molecule has 2 heterocycles. The number of imidazole rings is 1. The van der Waals surface area contributed by atoms with Crippen molar-refractivity contribution >= 4 is 5.91 Å². The van der Waals surface area contributed by atoms with Crippen LogP contribution in [-0.2, 0) is 11.3 Å². The van der Waals surface area contributed by atoms with Crippen LogP contribution in [0.4, 0.5) is 0 Å². The van der Waals surface area contributed by atoms with Gasteiger partial charge in [0.15, 0.2) is 0 Å². The first-order chi connectivity index (χ1) is 8.20. The Bertz CT molecular complexity index is 363. The zero-order valence-corrected chi connectivity index (χ0v) is 10.2. The maximum atomic E-state index is 12.1. The van der Waals surface area contributed by atoms with Crippen LogP contribution >= 0.6 is 0 Å². The Kier molecular flexibility index (Phi) is 3.78. The molecule has 1 aliphatic heterocycles. The van der Waals surface area contributed by atoms with Crippen LogP contribution in [0.2, 0.25) is 0 Å². The zero-order valence-electron chi connectivity index (χ0n) is 10.2. The number of nitrogens with zero attached hydrogens (tertiary/aromatic N) is 3. The molecule has 5 heteroatoms. The second-order valence-corrected chi connectivity index (χ2v) is 4.78. The molecule has 0 spiro atoms. The van der Waals surface area contributed by atoms with Gasteiger partial charge in [-0.05, 0) is 25.8 Å². The number of carbonyl (C=O) groups excluding carboxylic acids is 1. The first kappa shape index (κ1) is 12.1. The lowest BCUT2D eigenvalue weighted by Gasteiger charge is -2.21. The minimum atomic E-state index is 0.224. The van der Waals surface area contributed by atoms with Crippen LogP contribution in [0, 0.1) is 5.92 Å². The van der Waals surface area contributed by atoms with E-state index in [9.17, 15) is 4.79 Å². The van der Waals surface area contributed by atoms with Crippen molar-refractivity contribution in [2.45, 2.75) is 32.4 Å². The van der Waals surface area contributed by atoms with Crippen LogP contribution in [0.25, 0.3) is 0 Å². The zero-order chi connectivity index (χ0) is 12.3. The maximum absolute atomic E-state index is 12.1. The van der Waals surface area contributed by atoms with Crippen LogP contribution in [0.15, 0.2) is 18.7 Å². The molecule has 1 amide bonds. The van der Waals surface area contributed by atoms with E-state index in [0.717, 1.165) is 13.0 Å². The van der Waals surface area contributed by atoms with Crippen molar-refractivity contribution in [3.05, 3.63) is 18.7 Å². The maximum Gasteiger partial charge on any atom is 0.224 e. The number of likely N-dealkylation sites (tertiary alicyclic amines) is 1. The molecule has 2 unspecified atom stereocenters. The Balaban J connectivity index is 1.84. The molecule has 1 aromatic rings. The van der Waals surface area contributed by atoms with Crippen LogP contribution in [0.1, 0.15) is 19.8 Å². The fourth-order valence-corrected chi connectivity index (χ4v) is 2.45. The van der Waals surface area contributed by atoms with E-state index in [4.69, 9.17) is 5.73 Å². The SMILES string of the molecule is CC1CC(CN)CN1C(=O)CCn1ccnc1. The summed E-state index contributed by atoms with van der Waals surface area (Å²) >= 11 is 0. The van der Waals surface area contributed by atoms with E-state index in [1.807, 2.05) is 15.7 Å². The van der Waals surface area contributed by atoms with Crippen LogP contribution < -0.4 is 5.73 Å².